The molecule has 4 rings (SSSR count). The van der Waals surface area contributed by atoms with Crippen LogP contribution in [0.1, 0.15) is 62.2 Å². The standard InChI is InChI=1S/C30H32N2O3S/c1-8-15-32-24-14-13-22(17(2)3)16-23(24)19(5)27(32)28(33)31-29-26(30(34)35-7)25(20(6)36-29)21-11-9-18(4)10-12-21/h8-14,16-17H,1,15H2,2-7H3,(H,31,33). The maximum atomic E-state index is 13.8. The van der Waals surface area contributed by atoms with Gasteiger partial charge in [-0.3, -0.25) is 4.79 Å². The maximum Gasteiger partial charge on any atom is 0.341 e. The summed E-state index contributed by atoms with van der Waals surface area (Å²) in [7, 11) is 1.36. The van der Waals surface area contributed by atoms with Crippen molar-refractivity contribution in [1.29, 1.82) is 0 Å². The quantitative estimate of drug-likeness (QED) is 0.209. The molecule has 0 aliphatic rings. The molecule has 0 saturated carbocycles. The van der Waals surface area contributed by atoms with Gasteiger partial charge in [-0.2, -0.15) is 0 Å². The highest BCUT2D eigenvalue weighted by Crippen LogP contribution is 2.41. The minimum Gasteiger partial charge on any atom is -0.465 e. The van der Waals surface area contributed by atoms with Crippen LogP contribution in [-0.4, -0.2) is 23.6 Å². The molecule has 0 atom stereocenters. The number of thiophene rings is 1. The van der Waals surface area contributed by atoms with E-state index in [1.54, 1.807) is 6.08 Å². The number of rotatable bonds is 7. The average molecular weight is 501 g/mol. The zero-order chi connectivity index (χ0) is 26.1. The lowest BCUT2D eigenvalue weighted by atomic mass is 10.00. The van der Waals surface area contributed by atoms with Crippen molar-refractivity contribution in [2.45, 2.75) is 47.1 Å². The third-order valence-corrected chi connectivity index (χ3v) is 7.60. The summed E-state index contributed by atoms with van der Waals surface area (Å²) in [5.74, 6) is -0.362. The molecule has 2 aromatic heterocycles. The van der Waals surface area contributed by atoms with Crippen molar-refractivity contribution in [3.05, 3.63) is 87.9 Å². The highest BCUT2D eigenvalue weighted by molar-refractivity contribution is 7.17. The van der Waals surface area contributed by atoms with E-state index in [1.807, 2.05) is 49.6 Å². The van der Waals surface area contributed by atoms with Gasteiger partial charge in [0.05, 0.1) is 7.11 Å². The van der Waals surface area contributed by atoms with Gasteiger partial charge in [-0.05, 0) is 55.5 Å². The maximum absolute atomic E-state index is 13.8. The summed E-state index contributed by atoms with van der Waals surface area (Å²) >= 11 is 1.38. The molecule has 2 heterocycles. The summed E-state index contributed by atoms with van der Waals surface area (Å²) in [5, 5.41) is 4.58. The monoisotopic (exact) mass is 500 g/mol. The lowest BCUT2D eigenvalue weighted by molar-refractivity contribution is 0.0603. The van der Waals surface area contributed by atoms with E-state index >= 15 is 0 Å². The van der Waals surface area contributed by atoms with Crippen LogP contribution in [0.3, 0.4) is 0 Å². The van der Waals surface area contributed by atoms with Gasteiger partial charge >= 0.3 is 5.97 Å². The van der Waals surface area contributed by atoms with Crippen LogP contribution in [0.15, 0.2) is 55.1 Å². The Labute approximate surface area is 216 Å². The van der Waals surface area contributed by atoms with Gasteiger partial charge in [0.1, 0.15) is 16.3 Å². The number of hydrogen-bond acceptors (Lipinski definition) is 4. The predicted molar refractivity (Wildman–Crippen MR) is 149 cm³/mol. The van der Waals surface area contributed by atoms with Crippen LogP contribution in [0.4, 0.5) is 5.00 Å². The van der Waals surface area contributed by atoms with Gasteiger partial charge in [0.2, 0.25) is 0 Å². The summed E-state index contributed by atoms with van der Waals surface area (Å²) in [6.07, 6.45) is 1.79. The van der Waals surface area contributed by atoms with Crippen molar-refractivity contribution in [2.75, 3.05) is 12.4 Å². The van der Waals surface area contributed by atoms with Crippen LogP contribution < -0.4 is 5.32 Å². The molecule has 0 fully saturated rings. The number of esters is 1. The molecule has 0 aliphatic heterocycles. The van der Waals surface area contributed by atoms with E-state index in [0.717, 1.165) is 38.0 Å². The molecule has 2 aromatic carbocycles. The van der Waals surface area contributed by atoms with E-state index in [1.165, 1.54) is 24.0 Å². The molecule has 0 saturated heterocycles. The summed E-state index contributed by atoms with van der Waals surface area (Å²) in [5.41, 5.74) is 6.87. The number of amides is 1. The Morgan fingerprint density at radius 3 is 2.42 bits per heavy atom. The van der Waals surface area contributed by atoms with Crippen LogP contribution in [0.2, 0.25) is 0 Å². The van der Waals surface area contributed by atoms with Crippen LogP contribution in [-0.2, 0) is 11.3 Å². The van der Waals surface area contributed by atoms with Gasteiger partial charge in [0.15, 0.2) is 0 Å². The number of fused-ring (bicyclic) bond motifs is 1. The average Bonchev–Trinajstić information content (AvgIpc) is 3.32. The van der Waals surface area contributed by atoms with Gasteiger partial charge in [-0.1, -0.05) is 55.8 Å². The summed E-state index contributed by atoms with van der Waals surface area (Å²) in [4.78, 5) is 27.6. The molecule has 0 aliphatic carbocycles. The largest absolute Gasteiger partial charge is 0.465 e. The number of hydrogen-bond donors (Lipinski definition) is 1. The fourth-order valence-electron chi connectivity index (χ4n) is 4.67. The number of nitrogens with zero attached hydrogens (tertiary/aromatic N) is 1. The molecule has 1 N–H and O–H groups in total. The fraction of sp³-hybridized carbons (Fsp3) is 0.267. The van der Waals surface area contributed by atoms with E-state index in [4.69, 9.17) is 4.74 Å². The zero-order valence-corrected chi connectivity index (χ0v) is 22.5. The number of anilines is 1. The van der Waals surface area contributed by atoms with E-state index in [9.17, 15) is 9.59 Å². The molecule has 0 spiro atoms. The number of methoxy groups -OCH3 is 1. The van der Waals surface area contributed by atoms with E-state index in [-0.39, 0.29) is 5.91 Å². The highest BCUT2D eigenvalue weighted by Gasteiger charge is 2.27. The highest BCUT2D eigenvalue weighted by atomic mass is 32.1. The third-order valence-electron chi connectivity index (χ3n) is 6.58. The normalized spacial score (nSPS) is 11.2. The SMILES string of the molecule is C=CCn1c(C(=O)Nc2sc(C)c(-c3ccc(C)cc3)c2C(=O)OC)c(C)c2cc(C(C)C)ccc21. The molecule has 1 amide bonds. The third kappa shape index (κ3) is 4.49. The van der Waals surface area contributed by atoms with E-state index < -0.39 is 5.97 Å². The lowest BCUT2D eigenvalue weighted by Gasteiger charge is -2.11. The molecule has 0 bridgehead atoms. The van der Waals surface area contributed by atoms with Crippen molar-refractivity contribution >= 4 is 39.1 Å². The second kappa shape index (κ2) is 10.2. The van der Waals surface area contributed by atoms with Crippen molar-refractivity contribution in [3.8, 4) is 11.1 Å². The van der Waals surface area contributed by atoms with Crippen LogP contribution >= 0.6 is 11.3 Å². The number of benzene rings is 2. The Hall–Kier alpha value is -3.64. The predicted octanol–water partition coefficient (Wildman–Crippen LogP) is 7.64. The van der Waals surface area contributed by atoms with Crippen LogP contribution in [0.5, 0.6) is 0 Å². The Balaban J connectivity index is 1.84. The number of allylic oxidation sites excluding steroid dienone is 1. The Kier molecular flexibility index (Phi) is 7.18. The van der Waals surface area contributed by atoms with Gasteiger partial charge in [0.25, 0.3) is 5.91 Å². The molecule has 0 unspecified atom stereocenters. The van der Waals surface area contributed by atoms with Crippen molar-refractivity contribution < 1.29 is 14.3 Å². The minimum atomic E-state index is -0.477. The first-order valence-corrected chi connectivity index (χ1v) is 12.8. The van der Waals surface area contributed by atoms with Gasteiger partial charge < -0.3 is 14.6 Å². The molecule has 0 radical (unpaired) electrons. The fourth-order valence-corrected chi connectivity index (χ4v) is 5.73. The molecule has 36 heavy (non-hydrogen) atoms. The molecular weight excluding hydrogens is 468 g/mol. The smallest absolute Gasteiger partial charge is 0.341 e. The van der Waals surface area contributed by atoms with E-state index in [2.05, 4.69) is 43.9 Å². The van der Waals surface area contributed by atoms with E-state index in [0.29, 0.717) is 28.7 Å². The number of aryl methyl sites for hydroxylation is 3. The zero-order valence-electron chi connectivity index (χ0n) is 21.7. The number of carbonyl (C=O) groups excluding carboxylic acids is 2. The first-order chi connectivity index (χ1) is 17.2. The Morgan fingerprint density at radius 2 is 1.81 bits per heavy atom. The number of ether oxygens (including phenoxy) is 1. The van der Waals surface area contributed by atoms with Gasteiger partial charge in [-0.25, -0.2) is 4.79 Å². The number of nitrogens with one attached hydrogen (secondary N) is 1. The summed E-state index contributed by atoms with van der Waals surface area (Å²) < 4.78 is 7.11. The van der Waals surface area contributed by atoms with Crippen LogP contribution in [0.25, 0.3) is 22.0 Å². The molecule has 6 heteroatoms. The molecule has 4 aromatic rings. The van der Waals surface area contributed by atoms with Gasteiger partial charge in [-0.15, -0.1) is 17.9 Å². The van der Waals surface area contributed by atoms with Crippen molar-refractivity contribution in [1.82, 2.24) is 4.57 Å². The van der Waals surface area contributed by atoms with Crippen molar-refractivity contribution in [3.63, 3.8) is 0 Å². The number of carbonyl (C=O) groups is 2. The minimum absolute atomic E-state index is 0.265. The summed E-state index contributed by atoms with van der Waals surface area (Å²) in [6.45, 7) is 14.6. The first kappa shape index (κ1) is 25.5. The number of aromatic nitrogens is 1. The Morgan fingerprint density at radius 1 is 1.11 bits per heavy atom. The first-order valence-electron chi connectivity index (χ1n) is 12.0. The van der Waals surface area contributed by atoms with Crippen molar-refractivity contribution in [2.24, 2.45) is 0 Å². The van der Waals surface area contributed by atoms with Crippen LogP contribution in [0, 0.1) is 20.8 Å². The Bertz CT molecular complexity index is 1470. The second-order valence-corrected chi connectivity index (χ2v) is 10.6. The summed E-state index contributed by atoms with van der Waals surface area (Å²) in [6, 6.07) is 14.3. The second-order valence-electron chi connectivity index (χ2n) is 9.35. The molecular formula is C30H32N2O3S. The topological polar surface area (TPSA) is 60.3 Å². The van der Waals surface area contributed by atoms with Gasteiger partial charge in [0, 0.05) is 27.9 Å². The lowest BCUT2D eigenvalue weighted by Crippen LogP contribution is -2.19. The molecule has 186 valence electrons. The molecule has 5 nitrogen and oxygen atoms in total.